The summed E-state index contributed by atoms with van der Waals surface area (Å²) in [5.74, 6) is 1.29. The van der Waals surface area contributed by atoms with Crippen LogP contribution in [0.2, 0.25) is 0 Å². The van der Waals surface area contributed by atoms with E-state index in [1.54, 1.807) is 20.3 Å². The van der Waals surface area contributed by atoms with Gasteiger partial charge >= 0.3 is 6.03 Å². The van der Waals surface area contributed by atoms with Crippen molar-refractivity contribution in [2.24, 2.45) is 0 Å². The Labute approximate surface area is 133 Å². The number of rotatable bonds is 5. The highest BCUT2D eigenvalue weighted by atomic mass is 32.1. The van der Waals surface area contributed by atoms with Gasteiger partial charge in [0.2, 0.25) is 0 Å². The van der Waals surface area contributed by atoms with Gasteiger partial charge in [-0.2, -0.15) is 0 Å². The average Bonchev–Trinajstić information content (AvgIpc) is 2.82. The van der Waals surface area contributed by atoms with Gasteiger partial charge in [-0.3, -0.25) is 5.32 Å². The van der Waals surface area contributed by atoms with E-state index in [-0.39, 0.29) is 6.03 Å². The molecule has 0 saturated carbocycles. The van der Waals surface area contributed by atoms with E-state index < -0.39 is 0 Å². The fraction of sp³-hybridized carbons (Fsp3) is 0.333. The molecule has 6 nitrogen and oxygen atoms in total. The van der Waals surface area contributed by atoms with Crippen LogP contribution >= 0.6 is 11.3 Å². The molecule has 0 aliphatic heterocycles. The van der Waals surface area contributed by atoms with E-state index in [0.717, 1.165) is 16.1 Å². The molecule has 0 fully saturated rings. The van der Waals surface area contributed by atoms with Crippen LogP contribution in [-0.2, 0) is 6.54 Å². The SMILES string of the molecule is COc1ccc(CNC(=O)Nc2nc(C)c(C)s2)cc1OC. The monoisotopic (exact) mass is 321 g/mol. The zero-order valence-electron chi connectivity index (χ0n) is 13.0. The molecule has 2 amide bonds. The summed E-state index contributed by atoms with van der Waals surface area (Å²) >= 11 is 1.46. The number of methoxy groups -OCH3 is 2. The predicted octanol–water partition coefficient (Wildman–Crippen LogP) is 3.10. The molecule has 0 bridgehead atoms. The Balaban J connectivity index is 1.93. The third-order valence-corrected chi connectivity index (χ3v) is 4.14. The molecule has 22 heavy (non-hydrogen) atoms. The van der Waals surface area contributed by atoms with Crippen LogP contribution in [0.3, 0.4) is 0 Å². The lowest BCUT2D eigenvalue weighted by Gasteiger charge is -2.10. The third kappa shape index (κ3) is 3.88. The summed E-state index contributed by atoms with van der Waals surface area (Å²) in [4.78, 5) is 17.2. The van der Waals surface area contributed by atoms with E-state index in [9.17, 15) is 4.79 Å². The van der Waals surface area contributed by atoms with Crippen molar-refractivity contribution in [1.82, 2.24) is 10.3 Å². The largest absolute Gasteiger partial charge is 0.493 e. The number of carbonyl (C=O) groups is 1. The summed E-state index contributed by atoms with van der Waals surface area (Å²) in [6, 6.07) is 5.22. The van der Waals surface area contributed by atoms with Crippen LogP contribution < -0.4 is 20.1 Å². The molecule has 7 heteroatoms. The smallest absolute Gasteiger partial charge is 0.321 e. The van der Waals surface area contributed by atoms with Crippen LogP contribution in [0.1, 0.15) is 16.1 Å². The van der Waals surface area contributed by atoms with Crippen LogP contribution in [0.25, 0.3) is 0 Å². The summed E-state index contributed by atoms with van der Waals surface area (Å²) in [6.45, 7) is 4.27. The highest BCUT2D eigenvalue weighted by Crippen LogP contribution is 2.27. The number of hydrogen-bond donors (Lipinski definition) is 2. The standard InChI is InChI=1S/C15H19N3O3S/c1-9-10(2)22-15(17-9)18-14(19)16-8-11-5-6-12(20-3)13(7-11)21-4/h5-7H,8H2,1-4H3,(H2,16,17,18,19). The number of hydrogen-bond acceptors (Lipinski definition) is 5. The van der Waals surface area contributed by atoms with Crippen LogP contribution in [0.5, 0.6) is 11.5 Å². The van der Waals surface area contributed by atoms with Gasteiger partial charge in [0.15, 0.2) is 16.6 Å². The highest BCUT2D eigenvalue weighted by molar-refractivity contribution is 7.15. The number of ether oxygens (including phenoxy) is 2. The number of benzene rings is 1. The Morgan fingerprint density at radius 2 is 1.95 bits per heavy atom. The molecule has 0 spiro atoms. The summed E-state index contributed by atoms with van der Waals surface area (Å²) in [5, 5.41) is 6.11. The number of nitrogens with zero attached hydrogens (tertiary/aromatic N) is 1. The molecular formula is C15H19N3O3S. The highest BCUT2D eigenvalue weighted by Gasteiger charge is 2.09. The van der Waals surface area contributed by atoms with Crippen molar-refractivity contribution in [2.45, 2.75) is 20.4 Å². The first-order valence-corrected chi connectivity index (χ1v) is 7.55. The maximum absolute atomic E-state index is 11.9. The Bertz CT molecular complexity index is 651. The quantitative estimate of drug-likeness (QED) is 0.887. The Morgan fingerprint density at radius 3 is 2.55 bits per heavy atom. The van der Waals surface area contributed by atoms with Crippen LogP contribution in [0, 0.1) is 13.8 Å². The molecule has 0 aliphatic rings. The summed E-state index contributed by atoms with van der Waals surface area (Å²) < 4.78 is 10.4. The van der Waals surface area contributed by atoms with Gasteiger partial charge < -0.3 is 14.8 Å². The van der Waals surface area contributed by atoms with Gasteiger partial charge in [-0.25, -0.2) is 9.78 Å². The molecule has 2 N–H and O–H groups in total. The van der Waals surface area contributed by atoms with Crippen molar-refractivity contribution >= 4 is 22.5 Å². The van der Waals surface area contributed by atoms with Crippen molar-refractivity contribution in [3.63, 3.8) is 0 Å². The van der Waals surface area contributed by atoms with Gasteiger partial charge in [0.1, 0.15) is 0 Å². The number of aromatic nitrogens is 1. The molecular weight excluding hydrogens is 302 g/mol. The summed E-state index contributed by atoms with van der Waals surface area (Å²) in [6.07, 6.45) is 0. The number of anilines is 1. The lowest BCUT2D eigenvalue weighted by Crippen LogP contribution is -2.28. The van der Waals surface area contributed by atoms with Gasteiger partial charge in [-0.1, -0.05) is 6.07 Å². The first-order valence-electron chi connectivity index (χ1n) is 6.73. The molecule has 0 aliphatic carbocycles. The van der Waals surface area contributed by atoms with E-state index in [4.69, 9.17) is 9.47 Å². The lowest BCUT2D eigenvalue weighted by molar-refractivity contribution is 0.251. The van der Waals surface area contributed by atoms with Crippen LogP contribution in [0.4, 0.5) is 9.93 Å². The maximum atomic E-state index is 11.9. The Morgan fingerprint density at radius 1 is 1.23 bits per heavy atom. The molecule has 1 heterocycles. The minimum atomic E-state index is -0.288. The molecule has 1 aromatic heterocycles. The van der Waals surface area contributed by atoms with Crippen molar-refractivity contribution in [1.29, 1.82) is 0 Å². The van der Waals surface area contributed by atoms with E-state index in [2.05, 4.69) is 15.6 Å². The van der Waals surface area contributed by atoms with Gasteiger partial charge in [0.25, 0.3) is 0 Å². The second-order valence-electron chi connectivity index (χ2n) is 4.66. The van der Waals surface area contributed by atoms with E-state index in [0.29, 0.717) is 23.2 Å². The normalized spacial score (nSPS) is 10.2. The zero-order chi connectivity index (χ0) is 16.1. The van der Waals surface area contributed by atoms with Gasteiger partial charge in [0.05, 0.1) is 19.9 Å². The van der Waals surface area contributed by atoms with E-state index in [1.807, 2.05) is 26.0 Å². The number of thiazole rings is 1. The number of amides is 2. The molecule has 0 radical (unpaired) electrons. The number of nitrogens with one attached hydrogen (secondary N) is 2. The first kappa shape index (κ1) is 16.1. The molecule has 0 saturated heterocycles. The van der Waals surface area contributed by atoms with Crippen molar-refractivity contribution in [3.05, 3.63) is 34.3 Å². The molecule has 0 atom stereocenters. The third-order valence-electron chi connectivity index (χ3n) is 3.15. The topological polar surface area (TPSA) is 72.5 Å². The van der Waals surface area contributed by atoms with E-state index >= 15 is 0 Å². The Kier molecular flexibility index (Phi) is 5.21. The first-order chi connectivity index (χ1) is 10.5. The molecule has 2 rings (SSSR count). The minimum Gasteiger partial charge on any atom is -0.493 e. The maximum Gasteiger partial charge on any atom is 0.321 e. The second kappa shape index (κ2) is 7.13. The molecule has 2 aromatic rings. The molecule has 0 unspecified atom stereocenters. The van der Waals surface area contributed by atoms with Crippen LogP contribution in [-0.4, -0.2) is 25.2 Å². The van der Waals surface area contributed by atoms with Gasteiger partial charge in [0, 0.05) is 11.4 Å². The zero-order valence-corrected chi connectivity index (χ0v) is 13.8. The van der Waals surface area contributed by atoms with Crippen molar-refractivity contribution in [2.75, 3.05) is 19.5 Å². The minimum absolute atomic E-state index is 0.288. The number of urea groups is 1. The van der Waals surface area contributed by atoms with E-state index in [1.165, 1.54) is 11.3 Å². The Hall–Kier alpha value is -2.28. The lowest BCUT2D eigenvalue weighted by atomic mass is 10.2. The molecule has 1 aromatic carbocycles. The fourth-order valence-electron chi connectivity index (χ4n) is 1.84. The molecule has 118 valence electrons. The fourth-order valence-corrected chi connectivity index (χ4v) is 2.65. The summed E-state index contributed by atoms with van der Waals surface area (Å²) in [5.41, 5.74) is 1.85. The predicted molar refractivity (Wildman–Crippen MR) is 87.0 cm³/mol. The average molecular weight is 321 g/mol. The number of aryl methyl sites for hydroxylation is 2. The van der Waals surface area contributed by atoms with Crippen LogP contribution in [0.15, 0.2) is 18.2 Å². The van der Waals surface area contributed by atoms with Crippen molar-refractivity contribution < 1.29 is 14.3 Å². The van der Waals surface area contributed by atoms with Crippen molar-refractivity contribution in [3.8, 4) is 11.5 Å². The van der Waals surface area contributed by atoms with Gasteiger partial charge in [-0.15, -0.1) is 11.3 Å². The number of carbonyl (C=O) groups excluding carboxylic acids is 1. The summed E-state index contributed by atoms with van der Waals surface area (Å²) in [7, 11) is 3.16. The van der Waals surface area contributed by atoms with Gasteiger partial charge in [-0.05, 0) is 31.5 Å². The second-order valence-corrected chi connectivity index (χ2v) is 5.86.